The molecule has 0 N–H and O–H groups in total. The van der Waals surface area contributed by atoms with Gasteiger partial charge in [-0.05, 0) is 35.1 Å². The van der Waals surface area contributed by atoms with E-state index in [2.05, 4.69) is 0 Å². The Labute approximate surface area is 155 Å². The monoisotopic (exact) mass is 354 g/mol. The number of benzene rings is 2. The van der Waals surface area contributed by atoms with Crippen molar-refractivity contribution in [3.63, 3.8) is 0 Å². The van der Waals surface area contributed by atoms with Crippen LogP contribution in [0, 0.1) is 0 Å². The van der Waals surface area contributed by atoms with Gasteiger partial charge in [0.1, 0.15) is 13.2 Å². The first-order chi connectivity index (χ1) is 12.4. The normalized spacial score (nSPS) is 10.8. The van der Waals surface area contributed by atoms with Crippen molar-refractivity contribution in [2.45, 2.75) is 39.5 Å². The molecule has 0 atom stereocenters. The molecule has 0 unspecified atom stereocenters. The Morgan fingerprint density at radius 1 is 0.692 bits per heavy atom. The third-order valence-electron chi connectivity index (χ3n) is 4.16. The van der Waals surface area contributed by atoms with Crippen LogP contribution in [0.3, 0.4) is 0 Å². The molecule has 2 aromatic rings. The van der Waals surface area contributed by atoms with E-state index in [9.17, 15) is 9.59 Å². The molecule has 2 rings (SSSR count). The molecule has 2 aromatic carbocycles. The molecular weight excluding hydrogens is 328 g/mol. The topological polar surface area (TPSA) is 52.6 Å². The molecule has 0 aliphatic rings. The summed E-state index contributed by atoms with van der Waals surface area (Å²) < 4.78 is 10.5. The summed E-state index contributed by atoms with van der Waals surface area (Å²) in [4.78, 5) is 24.5. The summed E-state index contributed by atoms with van der Waals surface area (Å²) >= 11 is 0. The largest absolute Gasteiger partial charge is 0.458 e. The smallest absolute Gasteiger partial charge is 0.338 e. The third kappa shape index (κ3) is 4.94. The van der Waals surface area contributed by atoms with E-state index in [1.165, 1.54) is 0 Å². The highest BCUT2D eigenvalue weighted by Gasteiger charge is 2.16. The zero-order valence-electron chi connectivity index (χ0n) is 15.8. The van der Waals surface area contributed by atoms with E-state index in [-0.39, 0.29) is 25.0 Å². The summed E-state index contributed by atoms with van der Waals surface area (Å²) in [6.07, 6.45) is 0. The van der Waals surface area contributed by atoms with Crippen LogP contribution in [0.15, 0.2) is 48.5 Å². The van der Waals surface area contributed by atoms with Crippen LogP contribution in [0.5, 0.6) is 0 Å². The van der Waals surface area contributed by atoms with Crippen LogP contribution in [0.2, 0.25) is 0 Å². The van der Waals surface area contributed by atoms with Crippen LogP contribution in [0.25, 0.3) is 0 Å². The van der Waals surface area contributed by atoms with Crippen molar-refractivity contribution in [1.29, 1.82) is 0 Å². The number of rotatable bonds is 7. The summed E-state index contributed by atoms with van der Waals surface area (Å²) in [6, 6.07) is 14.8. The van der Waals surface area contributed by atoms with Gasteiger partial charge in [-0.2, -0.15) is 0 Å². The van der Waals surface area contributed by atoms with E-state index < -0.39 is 11.9 Å². The van der Waals surface area contributed by atoms with Crippen molar-refractivity contribution < 1.29 is 19.1 Å². The number of esters is 2. The lowest BCUT2D eigenvalue weighted by molar-refractivity contribution is 0.0264. The van der Waals surface area contributed by atoms with Gasteiger partial charge >= 0.3 is 11.9 Å². The lowest BCUT2D eigenvalue weighted by Gasteiger charge is -2.13. The summed E-state index contributed by atoms with van der Waals surface area (Å²) in [5, 5.41) is 0. The van der Waals surface area contributed by atoms with E-state index >= 15 is 0 Å². The Hall–Kier alpha value is -2.62. The number of hydrogen-bond donors (Lipinski definition) is 0. The highest BCUT2D eigenvalue weighted by Crippen LogP contribution is 2.21. The molecule has 0 saturated heterocycles. The number of carbonyl (C=O) groups is 2. The molecule has 0 heterocycles. The van der Waals surface area contributed by atoms with Crippen LogP contribution >= 0.6 is 0 Å². The maximum absolute atomic E-state index is 12.3. The minimum Gasteiger partial charge on any atom is -0.458 e. The first kappa shape index (κ1) is 19.7. The van der Waals surface area contributed by atoms with Gasteiger partial charge in [0.25, 0.3) is 0 Å². The number of ether oxygens (including phenoxy) is 2. The molecule has 0 amide bonds. The zero-order chi connectivity index (χ0) is 19.1. The molecule has 0 aromatic heterocycles. The van der Waals surface area contributed by atoms with Gasteiger partial charge in [-0.3, -0.25) is 0 Å². The first-order valence-corrected chi connectivity index (χ1v) is 8.94. The lowest BCUT2D eigenvalue weighted by atomic mass is 9.97. The van der Waals surface area contributed by atoms with E-state index in [4.69, 9.17) is 9.47 Å². The van der Waals surface area contributed by atoms with Crippen molar-refractivity contribution in [1.82, 2.24) is 0 Å². The molecule has 0 radical (unpaired) electrons. The van der Waals surface area contributed by atoms with Gasteiger partial charge in [-0.1, -0.05) is 64.1 Å². The predicted octanol–water partition coefficient (Wildman–Crippen LogP) is 4.95. The van der Waals surface area contributed by atoms with Gasteiger partial charge in [0.2, 0.25) is 0 Å². The van der Waals surface area contributed by atoms with Crippen LogP contribution in [-0.4, -0.2) is 25.2 Å². The van der Waals surface area contributed by atoms with Gasteiger partial charge in [0, 0.05) is 0 Å². The van der Waals surface area contributed by atoms with Crippen LogP contribution < -0.4 is 0 Å². The minimum absolute atomic E-state index is 0.0286. The Kier molecular flexibility index (Phi) is 6.96. The SMILES string of the molecule is CC(C)c1ccccc1C(=O)OCCOC(=O)c1ccccc1C(C)C. The van der Waals surface area contributed by atoms with Crippen molar-refractivity contribution >= 4 is 11.9 Å². The van der Waals surface area contributed by atoms with Crippen LogP contribution in [0.4, 0.5) is 0 Å². The van der Waals surface area contributed by atoms with E-state index in [1.54, 1.807) is 12.1 Å². The fraction of sp³-hybridized carbons (Fsp3) is 0.364. The van der Waals surface area contributed by atoms with Gasteiger partial charge in [0.15, 0.2) is 0 Å². The lowest BCUT2D eigenvalue weighted by Crippen LogP contribution is -2.16. The molecule has 26 heavy (non-hydrogen) atoms. The van der Waals surface area contributed by atoms with Crippen molar-refractivity contribution in [2.24, 2.45) is 0 Å². The number of carbonyl (C=O) groups excluding carboxylic acids is 2. The Balaban J connectivity index is 1.90. The molecular formula is C22H26O4. The molecule has 0 fully saturated rings. The summed E-state index contributed by atoms with van der Waals surface area (Å²) in [7, 11) is 0. The zero-order valence-corrected chi connectivity index (χ0v) is 15.8. The Morgan fingerprint density at radius 2 is 1.04 bits per heavy atom. The predicted molar refractivity (Wildman–Crippen MR) is 102 cm³/mol. The van der Waals surface area contributed by atoms with Gasteiger partial charge in [0.05, 0.1) is 11.1 Å². The maximum Gasteiger partial charge on any atom is 0.338 e. The molecule has 4 heteroatoms. The highest BCUT2D eigenvalue weighted by molar-refractivity contribution is 5.92. The minimum atomic E-state index is -0.395. The average Bonchev–Trinajstić information content (AvgIpc) is 2.64. The molecule has 0 saturated carbocycles. The molecule has 0 aliphatic heterocycles. The Morgan fingerprint density at radius 3 is 1.38 bits per heavy atom. The van der Waals surface area contributed by atoms with Crippen molar-refractivity contribution in [3.05, 3.63) is 70.8 Å². The average molecular weight is 354 g/mol. The molecule has 0 spiro atoms. The highest BCUT2D eigenvalue weighted by atomic mass is 16.6. The summed E-state index contributed by atoms with van der Waals surface area (Å²) in [5.41, 5.74) is 3.00. The van der Waals surface area contributed by atoms with Gasteiger partial charge in [-0.25, -0.2) is 9.59 Å². The second-order valence-corrected chi connectivity index (χ2v) is 6.76. The van der Waals surface area contributed by atoms with E-state index in [0.717, 1.165) is 11.1 Å². The standard InChI is InChI=1S/C22H26O4/c1-15(2)17-9-5-7-11-19(17)21(23)25-13-14-26-22(24)20-12-8-6-10-18(20)16(3)4/h5-12,15-16H,13-14H2,1-4H3. The summed E-state index contributed by atoms with van der Waals surface area (Å²) in [5.74, 6) is -0.339. The first-order valence-electron chi connectivity index (χ1n) is 8.94. The van der Waals surface area contributed by atoms with Gasteiger partial charge in [-0.15, -0.1) is 0 Å². The van der Waals surface area contributed by atoms with Crippen LogP contribution in [0.1, 0.15) is 71.4 Å². The maximum atomic E-state index is 12.3. The fourth-order valence-electron chi connectivity index (χ4n) is 2.80. The van der Waals surface area contributed by atoms with Gasteiger partial charge < -0.3 is 9.47 Å². The van der Waals surface area contributed by atoms with E-state index in [1.807, 2.05) is 64.1 Å². The van der Waals surface area contributed by atoms with Crippen LogP contribution in [-0.2, 0) is 9.47 Å². The molecule has 0 aliphatic carbocycles. The van der Waals surface area contributed by atoms with E-state index in [0.29, 0.717) is 11.1 Å². The van der Waals surface area contributed by atoms with Crippen molar-refractivity contribution in [3.8, 4) is 0 Å². The Bertz CT molecular complexity index is 697. The number of hydrogen-bond acceptors (Lipinski definition) is 4. The third-order valence-corrected chi connectivity index (χ3v) is 4.16. The molecule has 0 bridgehead atoms. The molecule has 4 nitrogen and oxygen atoms in total. The second-order valence-electron chi connectivity index (χ2n) is 6.76. The molecule has 138 valence electrons. The van der Waals surface area contributed by atoms with Crippen molar-refractivity contribution in [2.75, 3.05) is 13.2 Å². The second kappa shape index (κ2) is 9.18. The fourth-order valence-corrected chi connectivity index (χ4v) is 2.80. The summed E-state index contributed by atoms with van der Waals surface area (Å²) in [6.45, 7) is 8.17. The quantitative estimate of drug-likeness (QED) is 0.521.